The molecule has 0 aliphatic heterocycles. The van der Waals surface area contributed by atoms with Gasteiger partial charge in [-0.05, 0) is 12.3 Å². The van der Waals surface area contributed by atoms with Crippen molar-refractivity contribution < 1.29 is 19.2 Å². The van der Waals surface area contributed by atoms with E-state index in [2.05, 4.69) is 13.8 Å². The molecule has 0 heterocycles. The van der Waals surface area contributed by atoms with Crippen LogP contribution in [0.15, 0.2) is 0 Å². The number of unbranched alkanes of at least 4 members (excludes halogenated alkanes) is 1. The maximum absolute atomic E-state index is 8.30. The Hall–Kier alpha value is -0.670. The number of ether oxygens (including phenoxy) is 2. The Labute approximate surface area is 123 Å². The zero-order valence-electron chi connectivity index (χ0n) is 12.9. The summed E-state index contributed by atoms with van der Waals surface area (Å²) in [5, 5.41) is 8.30. The van der Waals surface area contributed by atoms with Gasteiger partial charge < -0.3 is 9.47 Å². The van der Waals surface area contributed by atoms with Crippen LogP contribution in [0.25, 0.3) is 0 Å². The molecule has 0 rings (SSSR count). The van der Waals surface area contributed by atoms with Gasteiger partial charge >= 0.3 is 0 Å². The Bertz CT molecular complexity index is 230. The van der Waals surface area contributed by atoms with Crippen molar-refractivity contribution in [2.24, 2.45) is 5.92 Å². The van der Waals surface area contributed by atoms with Gasteiger partial charge in [0.05, 0.1) is 45.5 Å². The summed E-state index contributed by atoms with van der Waals surface area (Å²) in [6.07, 6.45) is 5.22. The topological polar surface area (TPSA) is 60.7 Å². The predicted molar refractivity (Wildman–Crippen MR) is 77.1 cm³/mol. The maximum Gasteiger partial charge on any atom is 0.106 e. The lowest BCUT2D eigenvalue weighted by atomic mass is 10.0. The summed E-state index contributed by atoms with van der Waals surface area (Å²) >= 11 is 0. The zero-order chi connectivity index (χ0) is 14.9. The molecule has 0 N–H and O–H groups in total. The lowest BCUT2D eigenvalue weighted by molar-refractivity contribution is -0.306. The maximum atomic E-state index is 8.30. The van der Waals surface area contributed by atoms with E-state index in [9.17, 15) is 0 Å². The van der Waals surface area contributed by atoms with E-state index in [1.807, 2.05) is 6.07 Å². The average Bonchev–Trinajstić information content (AvgIpc) is 2.48. The highest BCUT2D eigenvalue weighted by molar-refractivity contribution is 4.66. The first-order chi connectivity index (χ1) is 9.85. The molecule has 0 saturated heterocycles. The smallest absolute Gasteiger partial charge is 0.106 e. The molecular formula is C15H29NO4. The molecule has 1 unspecified atom stereocenters. The number of hydrogen-bond acceptors (Lipinski definition) is 5. The first kappa shape index (κ1) is 19.3. The zero-order valence-corrected chi connectivity index (χ0v) is 12.9. The second-order valence-electron chi connectivity index (χ2n) is 4.66. The fourth-order valence-electron chi connectivity index (χ4n) is 1.63. The van der Waals surface area contributed by atoms with Crippen LogP contribution in [0, 0.1) is 17.2 Å². The summed E-state index contributed by atoms with van der Waals surface area (Å²) in [5.74, 6) is 0.587. The second-order valence-corrected chi connectivity index (χ2v) is 4.66. The van der Waals surface area contributed by atoms with Crippen molar-refractivity contribution >= 4 is 0 Å². The number of nitrogens with zero attached hydrogens (tertiary/aromatic N) is 1. The SMILES string of the molecule is CCCCC(CC)COOCCOCCOCCC#N. The third-order valence-corrected chi connectivity index (χ3v) is 2.97. The molecule has 0 fully saturated rings. The summed E-state index contributed by atoms with van der Waals surface area (Å²) < 4.78 is 10.5. The molecule has 0 aliphatic rings. The van der Waals surface area contributed by atoms with Crippen molar-refractivity contribution in [2.45, 2.75) is 46.0 Å². The van der Waals surface area contributed by atoms with Gasteiger partial charge in [0.25, 0.3) is 0 Å². The molecule has 20 heavy (non-hydrogen) atoms. The molecule has 0 radical (unpaired) electrons. The fraction of sp³-hybridized carbons (Fsp3) is 0.933. The third-order valence-electron chi connectivity index (χ3n) is 2.97. The molecule has 0 saturated carbocycles. The molecule has 0 amide bonds. The van der Waals surface area contributed by atoms with Gasteiger partial charge in [-0.1, -0.05) is 33.1 Å². The Morgan fingerprint density at radius 2 is 1.65 bits per heavy atom. The van der Waals surface area contributed by atoms with Crippen molar-refractivity contribution in [3.8, 4) is 6.07 Å². The van der Waals surface area contributed by atoms with Crippen LogP contribution in [-0.2, 0) is 19.2 Å². The first-order valence-corrected chi connectivity index (χ1v) is 7.61. The number of hydrogen-bond donors (Lipinski definition) is 0. The number of rotatable bonds is 15. The molecule has 5 nitrogen and oxygen atoms in total. The molecule has 0 aliphatic carbocycles. The molecule has 0 bridgehead atoms. The third kappa shape index (κ3) is 13.8. The van der Waals surface area contributed by atoms with Gasteiger partial charge in [0.2, 0.25) is 0 Å². The van der Waals surface area contributed by atoms with Crippen LogP contribution in [0.1, 0.15) is 46.0 Å². The normalized spacial score (nSPS) is 12.2. The predicted octanol–water partition coefficient (Wildman–Crippen LogP) is 3.10. The van der Waals surface area contributed by atoms with Gasteiger partial charge in [-0.25, -0.2) is 9.78 Å². The van der Waals surface area contributed by atoms with Gasteiger partial charge in [0.15, 0.2) is 0 Å². The highest BCUT2D eigenvalue weighted by Gasteiger charge is 2.06. The molecule has 0 aromatic carbocycles. The molecule has 0 aromatic heterocycles. The lowest BCUT2D eigenvalue weighted by Gasteiger charge is -2.13. The molecule has 0 aromatic rings. The van der Waals surface area contributed by atoms with Crippen LogP contribution < -0.4 is 0 Å². The molecule has 118 valence electrons. The van der Waals surface area contributed by atoms with Crippen molar-refractivity contribution in [3.63, 3.8) is 0 Å². The summed E-state index contributed by atoms with van der Waals surface area (Å²) in [5.41, 5.74) is 0. The van der Waals surface area contributed by atoms with Crippen LogP contribution in [0.5, 0.6) is 0 Å². The molecule has 5 heteroatoms. The molecule has 0 spiro atoms. The Morgan fingerprint density at radius 3 is 2.30 bits per heavy atom. The Kier molecular flexibility index (Phi) is 15.8. The van der Waals surface area contributed by atoms with E-state index >= 15 is 0 Å². The molecular weight excluding hydrogens is 258 g/mol. The van der Waals surface area contributed by atoms with E-state index in [-0.39, 0.29) is 0 Å². The summed E-state index contributed by atoms with van der Waals surface area (Å²) in [6.45, 7) is 7.46. The van der Waals surface area contributed by atoms with Crippen LogP contribution in [0.3, 0.4) is 0 Å². The fourth-order valence-corrected chi connectivity index (χ4v) is 1.63. The average molecular weight is 287 g/mol. The van der Waals surface area contributed by atoms with Crippen molar-refractivity contribution in [1.29, 1.82) is 5.26 Å². The van der Waals surface area contributed by atoms with E-state index < -0.39 is 0 Å². The van der Waals surface area contributed by atoms with E-state index in [4.69, 9.17) is 24.5 Å². The minimum atomic E-state index is 0.424. The lowest BCUT2D eigenvalue weighted by Crippen LogP contribution is -2.13. The van der Waals surface area contributed by atoms with Crippen molar-refractivity contribution in [2.75, 3.05) is 39.6 Å². The second kappa shape index (κ2) is 16.4. The van der Waals surface area contributed by atoms with Gasteiger partial charge in [-0.2, -0.15) is 5.26 Å². The Morgan fingerprint density at radius 1 is 0.950 bits per heavy atom. The highest BCUT2D eigenvalue weighted by atomic mass is 17.2. The van der Waals surface area contributed by atoms with E-state index in [1.54, 1.807) is 0 Å². The minimum Gasteiger partial charge on any atom is -0.378 e. The summed E-state index contributed by atoms with van der Waals surface area (Å²) in [4.78, 5) is 10.3. The van der Waals surface area contributed by atoms with Crippen molar-refractivity contribution in [3.05, 3.63) is 0 Å². The quantitative estimate of drug-likeness (QED) is 0.263. The van der Waals surface area contributed by atoms with Gasteiger partial charge in [-0.15, -0.1) is 0 Å². The van der Waals surface area contributed by atoms with Crippen LogP contribution in [-0.4, -0.2) is 39.6 Å². The van der Waals surface area contributed by atoms with Gasteiger partial charge in [0, 0.05) is 0 Å². The standard InChI is InChI=1S/C15H29NO4/c1-3-5-7-15(4-2)14-20-19-13-12-18-11-10-17-9-6-8-16/h15H,3-7,9-14H2,1-2H3. The van der Waals surface area contributed by atoms with Crippen molar-refractivity contribution in [1.82, 2.24) is 0 Å². The van der Waals surface area contributed by atoms with Gasteiger partial charge in [-0.3, -0.25) is 0 Å². The molecule has 1 atom stereocenters. The monoisotopic (exact) mass is 287 g/mol. The van der Waals surface area contributed by atoms with Crippen LogP contribution in [0.4, 0.5) is 0 Å². The van der Waals surface area contributed by atoms with Crippen LogP contribution in [0.2, 0.25) is 0 Å². The van der Waals surface area contributed by atoms with Crippen LogP contribution >= 0.6 is 0 Å². The van der Waals surface area contributed by atoms with E-state index in [1.165, 1.54) is 19.3 Å². The summed E-state index contributed by atoms with van der Waals surface area (Å²) in [7, 11) is 0. The first-order valence-electron chi connectivity index (χ1n) is 7.61. The Balaban J connectivity index is 3.17. The number of nitriles is 1. The highest BCUT2D eigenvalue weighted by Crippen LogP contribution is 2.12. The largest absolute Gasteiger partial charge is 0.378 e. The van der Waals surface area contributed by atoms with E-state index in [0.29, 0.717) is 52.0 Å². The van der Waals surface area contributed by atoms with E-state index in [0.717, 1.165) is 6.42 Å². The van der Waals surface area contributed by atoms with Gasteiger partial charge in [0.1, 0.15) is 6.61 Å². The minimum absolute atomic E-state index is 0.424. The summed E-state index contributed by atoms with van der Waals surface area (Å²) in [6, 6.07) is 2.02.